The lowest BCUT2D eigenvalue weighted by Gasteiger charge is -2.29. The van der Waals surface area contributed by atoms with Crippen LogP contribution < -0.4 is 10.2 Å². The van der Waals surface area contributed by atoms with Crippen LogP contribution in [0.1, 0.15) is 0 Å². The number of phenolic OH excluding ortho intramolecular Hbond substituents is 1. The van der Waals surface area contributed by atoms with E-state index >= 15 is 0 Å². The normalized spacial score (nSPS) is 24.1. The number of aromatic hydroxyl groups is 1. The van der Waals surface area contributed by atoms with Gasteiger partial charge in [-0.15, -0.1) is 4.59 Å². The molecular formula is C11H14N3O3+. The van der Waals surface area contributed by atoms with Gasteiger partial charge in [-0.25, -0.2) is 0 Å². The van der Waals surface area contributed by atoms with Crippen molar-refractivity contribution in [3.8, 4) is 5.75 Å². The summed E-state index contributed by atoms with van der Waals surface area (Å²) >= 11 is 0. The fourth-order valence-electron chi connectivity index (χ4n) is 1.58. The zero-order valence-electron chi connectivity index (χ0n) is 9.41. The molecule has 6 nitrogen and oxygen atoms in total. The molecule has 1 heterocycles. The van der Waals surface area contributed by atoms with Crippen LogP contribution in [-0.2, 0) is 9.68 Å². The number of oxime groups is 1. The zero-order valence-corrected chi connectivity index (χ0v) is 9.41. The quantitative estimate of drug-likeness (QED) is 0.359. The Balaban J connectivity index is 2.47. The zero-order chi connectivity index (χ0) is 12.1. The lowest BCUT2D eigenvalue weighted by Crippen LogP contribution is -2.56. The Labute approximate surface area is 98.9 Å². The lowest BCUT2D eigenvalue weighted by molar-refractivity contribution is -0.0234. The van der Waals surface area contributed by atoms with Gasteiger partial charge in [-0.05, 0) is 22.9 Å². The maximum absolute atomic E-state index is 9.88. The first-order valence-electron chi connectivity index (χ1n) is 5.10. The van der Waals surface area contributed by atoms with Crippen molar-refractivity contribution < 1.29 is 14.8 Å². The lowest BCUT2D eigenvalue weighted by atomic mass is 10.2. The molecule has 1 aliphatic rings. The molecule has 1 unspecified atom stereocenters. The molecule has 0 fully saturated rings. The number of phenols is 1. The van der Waals surface area contributed by atoms with Crippen LogP contribution in [0, 0.1) is 0 Å². The molecule has 1 aromatic carbocycles. The standard InChI is InChI=1S/C11H13N3O3/c1-16-12-9-14(7-4-8-17-13-14)10-5-2-3-6-11(10)15/h2-7,9,13H,8H2,1H3/p+1. The SMILES string of the molecule is CON=C[N+]1(c2ccccc2O)C=CCON1. The summed E-state index contributed by atoms with van der Waals surface area (Å²) in [4.78, 5) is 9.84. The number of rotatable bonds is 3. The Morgan fingerprint density at radius 1 is 1.53 bits per heavy atom. The van der Waals surface area contributed by atoms with Crippen LogP contribution in [0.3, 0.4) is 0 Å². The third-order valence-electron chi connectivity index (χ3n) is 2.35. The third kappa shape index (κ3) is 2.28. The molecular weight excluding hydrogens is 222 g/mol. The molecule has 90 valence electrons. The highest BCUT2D eigenvalue weighted by Gasteiger charge is 2.33. The number of nitrogens with one attached hydrogen (secondary N) is 1. The Morgan fingerprint density at radius 2 is 2.35 bits per heavy atom. The predicted octanol–water partition coefficient (Wildman–Crippen LogP) is 1.25. The van der Waals surface area contributed by atoms with Crippen molar-refractivity contribution in [2.24, 2.45) is 5.16 Å². The van der Waals surface area contributed by atoms with E-state index in [4.69, 9.17) is 4.84 Å². The van der Waals surface area contributed by atoms with E-state index in [1.165, 1.54) is 13.4 Å². The molecule has 6 heteroatoms. The summed E-state index contributed by atoms with van der Waals surface area (Å²) in [6.07, 6.45) is 5.11. The van der Waals surface area contributed by atoms with Crippen molar-refractivity contribution >= 4 is 12.0 Å². The fourth-order valence-corrected chi connectivity index (χ4v) is 1.58. The van der Waals surface area contributed by atoms with Crippen molar-refractivity contribution in [3.63, 3.8) is 0 Å². The molecule has 0 aliphatic carbocycles. The first kappa shape index (κ1) is 11.6. The van der Waals surface area contributed by atoms with Crippen molar-refractivity contribution in [1.29, 1.82) is 0 Å². The number of quaternary nitrogens is 1. The number of nitrogens with zero attached hydrogens (tertiary/aromatic N) is 2. The van der Waals surface area contributed by atoms with E-state index in [-0.39, 0.29) is 10.3 Å². The molecule has 0 bridgehead atoms. The maximum atomic E-state index is 9.88. The number of hydrogen-bond donors (Lipinski definition) is 2. The molecule has 0 amide bonds. The summed E-state index contributed by atoms with van der Waals surface area (Å²) in [6, 6.07) is 6.93. The van der Waals surface area contributed by atoms with E-state index in [1.54, 1.807) is 24.4 Å². The average Bonchev–Trinajstić information content (AvgIpc) is 2.38. The molecule has 1 atom stereocenters. The van der Waals surface area contributed by atoms with Gasteiger partial charge >= 0.3 is 0 Å². The van der Waals surface area contributed by atoms with Crippen LogP contribution in [-0.4, -0.2) is 25.2 Å². The first-order chi connectivity index (χ1) is 8.28. The third-order valence-corrected chi connectivity index (χ3v) is 2.35. The number of hydrogen-bond acceptors (Lipinski definition) is 5. The van der Waals surface area contributed by atoms with Gasteiger partial charge in [0.05, 0.1) is 6.61 Å². The second kappa shape index (κ2) is 4.96. The van der Waals surface area contributed by atoms with Gasteiger partial charge in [-0.1, -0.05) is 12.1 Å². The minimum Gasteiger partial charge on any atom is -0.503 e. The van der Waals surface area contributed by atoms with Gasteiger partial charge in [0.15, 0.2) is 5.75 Å². The van der Waals surface area contributed by atoms with E-state index in [1.807, 2.05) is 12.1 Å². The summed E-state index contributed by atoms with van der Waals surface area (Å²) < 4.78 is -0.0689. The monoisotopic (exact) mass is 236 g/mol. The van der Waals surface area contributed by atoms with Crippen LogP contribution in [0.4, 0.5) is 5.69 Å². The summed E-state index contributed by atoms with van der Waals surface area (Å²) in [5.74, 6) is 0.137. The minimum atomic E-state index is -0.0689. The van der Waals surface area contributed by atoms with Crippen LogP contribution in [0.2, 0.25) is 0 Å². The second-order valence-electron chi connectivity index (χ2n) is 3.46. The number of benzene rings is 1. The molecule has 2 rings (SSSR count). The largest absolute Gasteiger partial charge is 0.503 e. The molecule has 0 radical (unpaired) electrons. The molecule has 0 saturated carbocycles. The highest BCUT2D eigenvalue weighted by molar-refractivity contribution is 5.77. The Bertz CT molecular complexity index is 447. The van der Waals surface area contributed by atoms with Gasteiger partial charge in [0.2, 0.25) is 5.69 Å². The maximum Gasteiger partial charge on any atom is 0.256 e. The van der Waals surface area contributed by atoms with Gasteiger partial charge in [-0.2, -0.15) is 0 Å². The van der Waals surface area contributed by atoms with Crippen LogP contribution in [0.15, 0.2) is 41.7 Å². The van der Waals surface area contributed by atoms with Gasteiger partial charge in [0, 0.05) is 6.07 Å². The van der Waals surface area contributed by atoms with Gasteiger partial charge in [0.25, 0.3) is 6.34 Å². The Morgan fingerprint density at radius 3 is 3.00 bits per heavy atom. The minimum absolute atomic E-state index is 0.0689. The van der Waals surface area contributed by atoms with E-state index < -0.39 is 0 Å². The molecule has 0 aromatic heterocycles. The van der Waals surface area contributed by atoms with Crippen LogP contribution in [0.25, 0.3) is 0 Å². The smallest absolute Gasteiger partial charge is 0.256 e. The molecule has 17 heavy (non-hydrogen) atoms. The summed E-state index contributed by atoms with van der Waals surface area (Å²) in [6.45, 7) is 0.453. The van der Waals surface area contributed by atoms with Crippen molar-refractivity contribution in [2.75, 3.05) is 13.7 Å². The first-order valence-corrected chi connectivity index (χ1v) is 5.10. The topological polar surface area (TPSA) is 63.1 Å². The van der Waals surface area contributed by atoms with Crippen LogP contribution >= 0.6 is 0 Å². The summed E-state index contributed by atoms with van der Waals surface area (Å²) in [5, 5.41) is 13.6. The van der Waals surface area contributed by atoms with Crippen molar-refractivity contribution in [2.45, 2.75) is 0 Å². The predicted molar refractivity (Wildman–Crippen MR) is 63.6 cm³/mol. The second-order valence-corrected chi connectivity index (χ2v) is 3.46. The number of para-hydroxylation sites is 2. The van der Waals surface area contributed by atoms with Gasteiger partial charge < -0.3 is 9.94 Å². The van der Waals surface area contributed by atoms with Gasteiger partial charge in [0.1, 0.15) is 13.3 Å². The van der Waals surface area contributed by atoms with E-state index in [2.05, 4.69) is 15.6 Å². The van der Waals surface area contributed by atoms with E-state index in [0.717, 1.165) is 0 Å². The summed E-state index contributed by atoms with van der Waals surface area (Å²) in [5.41, 5.74) is 3.37. The van der Waals surface area contributed by atoms with Gasteiger partial charge in [-0.3, -0.25) is 4.84 Å². The van der Waals surface area contributed by atoms with Crippen molar-refractivity contribution in [1.82, 2.24) is 10.2 Å². The molecule has 0 spiro atoms. The molecule has 2 N–H and O–H groups in total. The Hall–Kier alpha value is -1.89. The fraction of sp³-hybridized carbons (Fsp3) is 0.182. The molecule has 0 saturated heterocycles. The highest BCUT2D eigenvalue weighted by Crippen LogP contribution is 2.31. The van der Waals surface area contributed by atoms with Crippen LogP contribution in [0.5, 0.6) is 5.75 Å². The molecule has 1 aromatic rings. The average molecular weight is 236 g/mol. The van der Waals surface area contributed by atoms with Crippen molar-refractivity contribution in [3.05, 3.63) is 36.5 Å². The van der Waals surface area contributed by atoms with E-state index in [0.29, 0.717) is 12.3 Å². The Kier molecular flexibility index (Phi) is 3.38. The van der Waals surface area contributed by atoms with E-state index in [9.17, 15) is 5.11 Å². The molecule has 1 aliphatic heterocycles. The summed E-state index contributed by atoms with van der Waals surface area (Å²) in [7, 11) is 1.45. The highest BCUT2D eigenvalue weighted by atomic mass is 16.7.